The van der Waals surface area contributed by atoms with Crippen molar-refractivity contribution in [2.45, 2.75) is 13.0 Å². The van der Waals surface area contributed by atoms with E-state index in [0.29, 0.717) is 19.5 Å². The SMILES string of the molecule is O=C(CNC(=O)NCc1ccccc1)NCCc1ccc(F)cc1. The van der Waals surface area contributed by atoms with Crippen molar-refractivity contribution in [3.63, 3.8) is 0 Å². The van der Waals surface area contributed by atoms with E-state index in [4.69, 9.17) is 0 Å². The first kappa shape index (κ1) is 17.5. The molecule has 0 bridgehead atoms. The number of benzene rings is 2. The molecule has 0 heterocycles. The summed E-state index contributed by atoms with van der Waals surface area (Å²) in [5, 5.41) is 7.87. The third-order valence-corrected chi connectivity index (χ3v) is 3.35. The summed E-state index contributed by atoms with van der Waals surface area (Å²) in [6, 6.07) is 15.2. The second-order valence-corrected chi connectivity index (χ2v) is 5.25. The highest BCUT2D eigenvalue weighted by Gasteiger charge is 2.05. The summed E-state index contributed by atoms with van der Waals surface area (Å²) in [6.07, 6.45) is 0.603. The molecule has 0 radical (unpaired) electrons. The number of amides is 3. The Hall–Kier alpha value is -2.89. The van der Waals surface area contributed by atoms with Crippen molar-refractivity contribution in [1.82, 2.24) is 16.0 Å². The molecular weight excluding hydrogens is 309 g/mol. The van der Waals surface area contributed by atoms with Crippen LogP contribution in [0.5, 0.6) is 0 Å². The summed E-state index contributed by atoms with van der Waals surface area (Å²) in [5.74, 6) is -0.555. The Balaban J connectivity index is 1.58. The molecule has 24 heavy (non-hydrogen) atoms. The molecule has 5 nitrogen and oxygen atoms in total. The molecule has 0 saturated carbocycles. The number of rotatable bonds is 7. The molecule has 2 aromatic rings. The molecule has 0 aliphatic carbocycles. The second-order valence-electron chi connectivity index (χ2n) is 5.25. The van der Waals surface area contributed by atoms with Crippen LogP contribution in [0.3, 0.4) is 0 Å². The Bertz CT molecular complexity index is 660. The van der Waals surface area contributed by atoms with Gasteiger partial charge in [-0.1, -0.05) is 42.5 Å². The minimum absolute atomic E-state index is 0.0932. The Kier molecular flexibility index (Phi) is 6.76. The van der Waals surface area contributed by atoms with E-state index < -0.39 is 6.03 Å². The maximum absolute atomic E-state index is 12.8. The van der Waals surface area contributed by atoms with Crippen LogP contribution < -0.4 is 16.0 Å². The number of urea groups is 1. The molecular formula is C18H20FN3O2. The minimum Gasteiger partial charge on any atom is -0.354 e. The van der Waals surface area contributed by atoms with Gasteiger partial charge in [-0.3, -0.25) is 4.79 Å². The lowest BCUT2D eigenvalue weighted by atomic mass is 10.1. The highest BCUT2D eigenvalue weighted by Crippen LogP contribution is 2.02. The van der Waals surface area contributed by atoms with E-state index in [0.717, 1.165) is 11.1 Å². The van der Waals surface area contributed by atoms with Crippen LogP contribution in [0.15, 0.2) is 54.6 Å². The van der Waals surface area contributed by atoms with Crippen molar-refractivity contribution >= 4 is 11.9 Å². The molecule has 0 unspecified atom stereocenters. The highest BCUT2D eigenvalue weighted by atomic mass is 19.1. The molecule has 0 atom stereocenters. The molecule has 2 rings (SSSR count). The number of hydrogen-bond acceptors (Lipinski definition) is 2. The first-order valence-corrected chi connectivity index (χ1v) is 7.70. The monoisotopic (exact) mass is 329 g/mol. The maximum Gasteiger partial charge on any atom is 0.315 e. The van der Waals surface area contributed by atoms with Gasteiger partial charge in [0.1, 0.15) is 5.82 Å². The van der Waals surface area contributed by atoms with E-state index in [-0.39, 0.29) is 18.3 Å². The van der Waals surface area contributed by atoms with Crippen LogP contribution in [0.4, 0.5) is 9.18 Å². The molecule has 3 amide bonds. The quantitative estimate of drug-likeness (QED) is 0.727. The summed E-state index contributed by atoms with van der Waals surface area (Å²) in [5.41, 5.74) is 1.92. The highest BCUT2D eigenvalue weighted by molar-refractivity contribution is 5.83. The fraction of sp³-hybridized carbons (Fsp3) is 0.222. The first-order chi connectivity index (χ1) is 11.6. The van der Waals surface area contributed by atoms with Gasteiger partial charge in [-0.15, -0.1) is 0 Å². The summed E-state index contributed by atoms with van der Waals surface area (Å²) in [4.78, 5) is 23.3. The molecule has 0 aliphatic heterocycles. The molecule has 0 aliphatic rings. The number of hydrogen-bond donors (Lipinski definition) is 3. The van der Waals surface area contributed by atoms with Gasteiger partial charge in [0, 0.05) is 13.1 Å². The average Bonchev–Trinajstić information content (AvgIpc) is 2.61. The predicted octanol–water partition coefficient (Wildman–Crippen LogP) is 1.98. The number of carbonyl (C=O) groups excluding carboxylic acids is 2. The topological polar surface area (TPSA) is 70.2 Å². The molecule has 0 fully saturated rings. The van der Waals surface area contributed by atoms with Crippen molar-refractivity contribution in [3.05, 3.63) is 71.5 Å². The maximum atomic E-state index is 12.8. The van der Waals surface area contributed by atoms with Crippen LogP contribution in [0.2, 0.25) is 0 Å². The fourth-order valence-electron chi connectivity index (χ4n) is 2.06. The number of carbonyl (C=O) groups is 2. The van der Waals surface area contributed by atoms with Gasteiger partial charge < -0.3 is 16.0 Å². The predicted molar refractivity (Wildman–Crippen MR) is 89.8 cm³/mol. The van der Waals surface area contributed by atoms with E-state index in [1.165, 1.54) is 12.1 Å². The van der Waals surface area contributed by atoms with Crippen LogP contribution in [-0.4, -0.2) is 25.0 Å². The van der Waals surface area contributed by atoms with E-state index in [1.807, 2.05) is 30.3 Å². The molecule has 126 valence electrons. The van der Waals surface area contributed by atoms with Gasteiger partial charge >= 0.3 is 6.03 Å². The lowest BCUT2D eigenvalue weighted by Crippen LogP contribution is -2.42. The minimum atomic E-state index is -0.396. The van der Waals surface area contributed by atoms with Crippen molar-refractivity contribution < 1.29 is 14.0 Å². The smallest absolute Gasteiger partial charge is 0.315 e. The first-order valence-electron chi connectivity index (χ1n) is 7.70. The molecule has 2 aromatic carbocycles. The summed E-state index contributed by atoms with van der Waals surface area (Å²) >= 11 is 0. The van der Waals surface area contributed by atoms with Crippen LogP contribution in [0, 0.1) is 5.82 Å². The van der Waals surface area contributed by atoms with Crippen LogP contribution in [0.25, 0.3) is 0 Å². The molecule has 0 saturated heterocycles. The lowest BCUT2D eigenvalue weighted by molar-refractivity contribution is -0.120. The van der Waals surface area contributed by atoms with Gasteiger partial charge in [0.2, 0.25) is 5.91 Å². The number of halogens is 1. The Morgan fingerprint density at radius 1 is 0.833 bits per heavy atom. The fourth-order valence-corrected chi connectivity index (χ4v) is 2.06. The van der Waals surface area contributed by atoms with Crippen LogP contribution in [-0.2, 0) is 17.8 Å². The van der Waals surface area contributed by atoms with Gasteiger partial charge in [-0.05, 0) is 29.7 Å². The Labute approximate surface area is 140 Å². The van der Waals surface area contributed by atoms with Gasteiger partial charge in [-0.2, -0.15) is 0 Å². The summed E-state index contributed by atoms with van der Waals surface area (Å²) < 4.78 is 12.8. The molecule has 3 N–H and O–H groups in total. The van der Waals surface area contributed by atoms with Gasteiger partial charge in [0.25, 0.3) is 0 Å². The number of nitrogens with one attached hydrogen (secondary N) is 3. The Morgan fingerprint density at radius 2 is 1.54 bits per heavy atom. The van der Waals surface area contributed by atoms with Gasteiger partial charge in [0.15, 0.2) is 0 Å². The third kappa shape index (κ3) is 6.48. The average molecular weight is 329 g/mol. The standard InChI is InChI=1S/C18H20FN3O2/c19-16-8-6-14(7-9-16)10-11-20-17(23)13-22-18(24)21-12-15-4-2-1-3-5-15/h1-9H,10-13H2,(H,20,23)(H2,21,22,24). The second kappa shape index (κ2) is 9.29. The Morgan fingerprint density at radius 3 is 2.25 bits per heavy atom. The summed E-state index contributed by atoms with van der Waals surface area (Å²) in [7, 11) is 0. The largest absolute Gasteiger partial charge is 0.354 e. The van der Waals surface area contributed by atoms with Crippen molar-refractivity contribution in [1.29, 1.82) is 0 Å². The van der Waals surface area contributed by atoms with E-state index in [2.05, 4.69) is 16.0 Å². The van der Waals surface area contributed by atoms with Crippen molar-refractivity contribution in [2.75, 3.05) is 13.1 Å². The van der Waals surface area contributed by atoms with Gasteiger partial charge in [0.05, 0.1) is 6.54 Å². The van der Waals surface area contributed by atoms with E-state index in [9.17, 15) is 14.0 Å². The molecule has 0 aromatic heterocycles. The molecule has 0 spiro atoms. The lowest BCUT2D eigenvalue weighted by Gasteiger charge is -2.08. The zero-order valence-corrected chi connectivity index (χ0v) is 13.2. The van der Waals surface area contributed by atoms with E-state index >= 15 is 0 Å². The van der Waals surface area contributed by atoms with Crippen LogP contribution in [0.1, 0.15) is 11.1 Å². The zero-order chi connectivity index (χ0) is 17.2. The van der Waals surface area contributed by atoms with Gasteiger partial charge in [-0.25, -0.2) is 9.18 Å². The van der Waals surface area contributed by atoms with Crippen LogP contribution >= 0.6 is 0 Å². The summed E-state index contributed by atoms with van der Waals surface area (Å²) in [6.45, 7) is 0.737. The normalized spacial score (nSPS) is 10.0. The molecule has 6 heteroatoms. The third-order valence-electron chi connectivity index (χ3n) is 3.35. The van der Waals surface area contributed by atoms with Crippen molar-refractivity contribution in [3.8, 4) is 0 Å². The van der Waals surface area contributed by atoms with E-state index in [1.54, 1.807) is 12.1 Å². The van der Waals surface area contributed by atoms with Crippen molar-refractivity contribution in [2.24, 2.45) is 0 Å². The zero-order valence-electron chi connectivity index (χ0n) is 13.2.